The van der Waals surface area contributed by atoms with Crippen LogP contribution >= 0.6 is 0 Å². The Hall–Kier alpha value is 0.470. The molecular formula is C4H5NNaO. The summed E-state index contributed by atoms with van der Waals surface area (Å²) >= 11 is 0. The van der Waals surface area contributed by atoms with Crippen molar-refractivity contribution in [3.05, 3.63) is 0 Å². The van der Waals surface area contributed by atoms with Crippen LogP contribution in [-0.2, 0) is 4.79 Å². The summed E-state index contributed by atoms with van der Waals surface area (Å²) < 4.78 is 0. The van der Waals surface area contributed by atoms with E-state index in [1.54, 1.807) is 0 Å². The maximum absolute atomic E-state index is 10.2. The van der Waals surface area contributed by atoms with E-state index >= 15 is 0 Å². The fourth-order valence-corrected chi connectivity index (χ4v) is 0.838. The van der Waals surface area contributed by atoms with Gasteiger partial charge in [0.05, 0.1) is 5.92 Å². The number of β-lactam (4-membered cyclic amide) rings is 1. The van der Waals surface area contributed by atoms with Crippen LogP contribution in [0.25, 0.3) is 0 Å². The molecule has 2 nitrogen and oxygen atoms in total. The number of hydrogen-bond acceptors (Lipinski definition) is 1. The Morgan fingerprint density at radius 1 is 1.71 bits per heavy atom. The Labute approximate surface area is 63.9 Å². The number of hydrogen-bond donors (Lipinski definition) is 1. The van der Waals surface area contributed by atoms with E-state index in [4.69, 9.17) is 0 Å². The summed E-state index contributed by atoms with van der Waals surface area (Å²) in [4.78, 5) is 10.2. The van der Waals surface area contributed by atoms with Crippen molar-refractivity contribution in [1.82, 2.24) is 5.32 Å². The molecule has 0 aromatic carbocycles. The van der Waals surface area contributed by atoms with Crippen LogP contribution in [0.2, 0.25) is 0 Å². The van der Waals surface area contributed by atoms with Crippen molar-refractivity contribution in [1.29, 1.82) is 0 Å². The predicted octanol–water partition coefficient (Wildman–Crippen LogP) is -0.876. The molecule has 3 heteroatoms. The molecule has 2 fully saturated rings. The minimum Gasteiger partial charge on any atom is -0.352 e. The van der Waals surface area contributed by atoms with Crippen LogP contribution in [0.5, 0.6) is 0 Å². The third-order valence-corrected chi connectivity index (χ3v) is 1.45. The van der Waals surface area contributed by atoms with E-state index in [1.807, 2.05) is 0 Å². The van der Waals surface area contributed by atoms with Crippen molar-refractivity contribution in [2.24, 2.45) is 5.92 Å². The maximum Gasteiger partial charge on any atom is 0.225 e. The van der Waals surface area contributed by atoms with Gasteiger partial charge in [-0.1, -0.05) is 0 Å². The average Bonchev–Trinajstić information content (AvgIpc) is 2.12. The first kappa shape index (κ1) is 5.60. The maximum atomic E-state index is 10.2. The summed E-state index contributed by atoms with van der Waals surface area (Å²) in [6.07, 6.45) is 1.11. The van der Waals surface area contributed by atoms with E-state index in [0.717, 1.165) is 6.42 Å². The van der Waals surface area contributed by atoms with Gasteiger partial charge in [0.2, 0.25) is 5.91 Å². The van der Waals surface area contributed by atoms with Gasteiger partial charge in [0.25, 0.3) is 0 Å². The molecule has 2 aliphatic rings. The molecule has 0 bridgehead atoms. The molecule has 7 heavy (non-hydrogen) atoms. The molecule has 1 heterocycles. The zero-order chi connectivity index (χ0) is 4.15. The first-order valence-corrected chi connectivity index (χ1v) is 2.18. The molecular weight excluding hydrogens is 101 g/mol. The SMILES string of the molecule is O=C1N[C@@H]2C[C@H]12.[Na]. The topological polar surface area (TPSA) is 29.1 Å². The Morgan fingerprint density at radius 2 is 2.43 bits per heavy atom. The van der Waals surface area contributed by atoms with Gasteiger partial charge in [-0.25, -0.2) is 0 Å². The summed E-state index contributed by atoms with van der Waals surface area (Å²) in [7, 11) is 0. The Bertz CT molecular complexity index is 114. The standard InChI is InChI=1S/C4H5NO.Na/c6-4-2-1-3(2)5-4;/h2-3H,1H2,(H,5,6);/t2-,3+;/m0./s1. The van der Waals surface area contributed by atoms with Crippen LogP contribution < -0.4 is 5.32 Å². The van der Waals surface area contributed by atoms with E-state index < -0.39 is 0 Å². The fourth-order valence-electron chi connectivity index (χ4n) is 0.838. The van der Waals surface area contributed by atoms with Crippen molar-refractivity contribution in [2.45, 2.75) is 12.5 Å². The average molecular weight is 106 g/mol. The van der Waals surface area contributed by atoms with E-state index in [9.17, 15) is 4.79 Å². The zero-order valence-corrected chi connectivity index (χ0v) is 6.27. The van der Waals surface area contributed by atoms with Crippen LogP contribution in [0.4, 0.5) is 0 Å². The van der Waals surface area contributed by atoms with Crippen molar-refractivity contribution >= 4 is 35.5 Å². The normalized spacial score (nSPS) is 42.0. The van der Waals surface area contributed by atoms with E-state index in [0.29, 0.717) is 12.0 Å². The van der Waals surface area contributed by atoms with E-state index in [2.05, 4.69) is 5.32 Å². The summed E-state index contributed by atoms with van der Waals surface area (Å²) in [6, 6.07) is 0.609. The minimum absolute atomic E-state index is 0. The number of carbonyl (C=O) groups is 1. The molecule has 1 saturated carbocycles. The van der Waals surface area contributed by atoms with Crippen molar-refractivity contribution in [3.63, 3.8) is 0 Å². The van der Waals surface area contributed by atoms with Gasteiger partial charge >= 0.3 is 0 Å². The van der Waals surface area contributed by atoms with Crippen molar-refractivity contribution in [2.75, 3.05) is 0 Å². The monoisotopic (exact) mass is 106 g/mol. The van der Waals surface area contributed by atoms with Crippen LogP contribution in [0.1, 0.15) is 6.42 Å². The van der Waals surface area contributed by atoms with Crippen LogP contribution in [0.3, 0.4) is 0 Å². The number of fused-ring (bicyclic) bond motifs is 1. The summed E-state index contributed by atoms with van der Waals surface area (Å²) in [5.74, 6) is 0.713. The van der Waals surface area contributed by atoms with Gasteiger partial charge in [-0.3, -0.25) is 4.79 Å². The van der Waals surface area contributed by atoms with Gasteiger partial charge < -0.3 is 5.32 Å². The number of nitrogens with one attached hydrogen (secondary N) is 1. The summed E-state index contributed by atoms with van der Waals surface area (Å²) in [5.41, 5.74) is 0. The van der Waals surface area contributed by atoms with Crippen LogP contribution in [-0.4, -0.2) is 41.5 Å². The molecule has 1 radical (unpaired) electrons. The number of carbonyl (C=O) groups excluding carboxylic acids is 1. The quantitative estimate of drug-likeness (QED) is 0.315. The van der Waals surface area contributed by atoms with Crippen LogP contribution in [0.15, 0.2) is 0 Å². The molecule has 1 aliphatic heterocycles. The van der Waals surface area contributed by atoms with Gasteiger partial charge in [0.15, 0.2) is 0 Å². The molecule has 2 atom stereocenters. The van der Waals surface area contributed by atoms with Gasteiger partial charge in [0.1, 0.15) is 0 Å². The first-order chi connectivity index (χ1) is 2.88. The van der Waals surface area contributed by atoms with Gasteiger partial charge in [-0.15, -0.1) is 0 Å². The Balaban J connectivity index is 0.000000245. The van der Waals surface area contributed by atoms with E-state index in [1.165, 1.54) is 0 Å². The molecule has 1 amide bonds. The first-order valence-electron chi connectivity index (χ1n) is 2.18. The second-order valence-corrected chi connectivity index (χ2v) is 1.96. The molecule has 1 aliphatic carbocycles. The molecule has 0 spiro atoms. The number of amides is 1. The smallest absolute Gasteiger partial charge is 0.225 e. The fraction of sp³-hybridized carbons (Fsp3) is 0.750. The van der Waals surface area contributed by atoms with Crippen molar-refractivity contribution in [3.8, 4) is 0 Å². The van der Waals surface area contributed by atoms with E-state index in [-0.39, 0.29) is 35.5 Å². The summed E-state index contributed by atoms with van der Waals surface area (Å²) in [6.45, 7) is 0. The molecule has 0 unspecified atom stereocenters. The van der Waals surface area contributed by atoms with Gasteiger partial charge in [-0.2, -0.15) is 0 Å². The molecule has 1 saturated heterocycles. The zero-order valence-electron chi connectivity index (χ0n) is 4.27. The third-order valence-electron chi connectivity index (χ3n) is 1.45. The Kier molecular flexibility index (Phi) is 1.18. The second-order valence-electron chi connectivity index (χ2n) is 1.96. The van der Waals surface area contributed by atoms with Crippen LogP contribution in [0, 0.1) is 5.92 Å². The molecule has 0 aromatic rings. The number of rotatable bonds is 0. The molecule has 0 aromatic heterocycles. The molecule has 1 N–H and O–H groups in total. The molecule has 33 valence electrons. The van der Waals surface area contributed by atoms with Gasteiger partial charge in [0, 0.05) is 35.6 Å². The summed E-state index contributed by atoms with van der Waals surface area (Å²) in [5, 5.41) is 2.74. The third kappa shape index (κ3) is 0.617. The largest absolute Gasteiger partial charge is 0.352 e. The predicted molar refractivity (Wildman–Crippen MR) is 25.8 cm³/mol. The Morgan fingerprint density at radius 3 is 2.43 bits per heavy atom. The van der Waals surface area contributed by atoms with Gasteiger partial charge in [-0.05, 0) is 6.42 Å². The van der Waals surface area contributed by atoms with Crippen molar-refractivity contribution < 1.29 is 4.79 Å². The second kappa shape index (κ2) is 1.47. The minimum atomic E-state index is 0. The molecule has 2 rings (SSSR count).